The summed E-state index contributed by atoms with van der Waals surface area (Å²) in [5.74, 6) is 0.529. The summed E-state index contributed by atoms with van der Waals surface area (Å²) in [6.45, 7) is 3.71. The molecule has 2 aromatic carbocycles. The number of para-hydroxylation sites is 1. The van der Waals surface area contributed by atoms with E-state index in [1.165, 1.54) is 0 Å². The summed E-state index contributed by atoms with van der Waals surface area (Å²) < 4.78 is 10.5. The zero-order valence-corrected chi connectivity index (χ0v) is 18.7. The van der Waals surface area contributed by atoms with Crippen LogP contribution in [0.3, 0.4) is 0 Å². The Hall–Kier alpha value is -3.86. The number of anilines is 2. The highest BCUT2D eigenvalue weighted by Gasteiger charge is 2.17. The number of hydrogen-bond acceptors (Lipinski definition) is 8. The van der Waals surface area contributed by atoms with Crippen molar-refractivity contribution in [2.45, 2.75) is 19.0 Å². The molecule has 0 bridgehead atoms. The monoisotopic (exact) mass is 467 g/mol. The third kappa shape index (κ3) is 5.32. The topological polar surface area (TPSA) is 135 Å². The Labute approximate surface area is 193 Å². The predicted octanol–water partition coefficient (Wildman–Crippen LogP) is 2.89. The summed E-state index contributed by atoms with van der Waals surface area (Å²) in [6.07, 6.45) is 0. The number of aromatic nitrogens is 3. The smallest absolute Gasteiger partial charge is 0.278 e. The molecule has 2 amide bonds. The fraction of sp³-hybridized carbons (Fsp3) is 0.227. The van der Waals surface area contributed by atoms with Crippen molar-refractivity contribution in [1.82, 2.24) is 15.2 Å². The van der Waals surface area contributed by atoms with Gasteiger partial charge in [0, 0.05) is 23.2 Å². The van der Waals surface area contributed by atoms with Gasteiger partial charge in [0.15, 0.2) is 22.3 Å². The molecule has 1 aliphatic heterocycles. The van der Waals surface area contributed by atoms with Gasteiger partial charge in [-0.25, -0.2) is 0 Å². The summed E-state index contributed by atoms with van der Waals surface area (Å²) in [5.41, 5.74) is 1.09. The number of thioether (sulfide) groups is 1. The Morgan fingerprint density at radius 2 is 1.88 bits per heavy atom. The minimum Gasteiger partial charge on any atom is -0.454 e. The molecular weight excluding hydrogens is 446 g/mol. The first-order chi connectivity index (χ1) is 15.9. The molecule has 0 saturated carbocycles. The second kappa shape index (κ2) is 9.74. The number of ether oxygens (including phenoxy) is 2. The quantitative estimate of drug-likeness (QED) is 0.452. The Bertz CT molecular complexity index is 1260. The van der Waals surface area contributed by atoms with Crippen molar-refractivity contribution in [3.05, 3.63) is 52.8 Å². The second-order valence-electron chi connectivity index (χ2n) is 7.40. The van der Waals surface area contributed by atoms with Crippen LogP contribution in [-0.2, 0) is 9.59 Å². The number of fused-ring (bicyclic) bond motifs is 1. The fourth-order valence-electron chi connectivity index (χ4n) is 2.94. The highest BCUT2D eigenvalue weighted by Crippen LogP contribution is 2.34. The fourth-order valence-corrected chi connectivity index (χ4v) is 3.55. The molecule has 3 aromatic rings. The Morgan fingerprint density at radius 3 is 2.67 bits per heavy atom. The van der Waals surface area contributed by atoms with E-state index in [4.69, 9.17) is 9.47 Å². The van der Waals surface area contributed by atoms with Crippen LogP contribution in [-0.4, -0.2) is 39.5 Å². The Kier molecular flexibility index (Phi) is 6.59. The normalized spacial score (nSPS) is 12.0. The van der Waals surface area contributed by atoms with Gasteiger partial charge in [-0.3, -0.25) is 19.4 Å². The van der Waals surface area contributed by atoms with Gasteiger partial charge in [-0.2, -0.15) is 0 Å². The highest BCUT2D eigenvalue weighted by atomic mass is 32.2. The standard InChI is InChI=1S/C22H21N5O5S/c1-12(2)20(29)24-15-6-4-3-5-14(15)19-21(30)25-22(27-26-19)33-10-18(28)23-13-7-8-16-17(9-13)32-11-31-16/h3-9,12H,10-11H2,1-2H3,(H,23,28)(H,24,29)(H,25,27,30). The molecular formula is C22H21N5O5S. The molecule has 0 saturated heterocycles. The molecule has 0 atom stereocenters. The minimum atomic E-state index is -0.477. The van der Waals surface area contributed by atoms with Crippen molar-refractivity contribution >= 4 is 35.0 Å². The van der Waals surface area contributed by atoms with E-state index in [2.05, 4.69) is 25.8 Å². The van der Waals surface area contributed by atoms with Gasteiger partial charge >= 0.3 is 0 Å². The molecule has 11 heteroatoms. The van der Waals surface area contributed by atoms with Crippen molar-refractivity contribution in [3.63, 3.8) is 0 Å². The first-order valence-electron chi connectivity index (χ1n) is 10.1. The van der Waals surface area contributed by atoms with Gasteiger partial charge in [-0.05, 0) is 18.2 Å². The van der Waals surface area contributed by atoms with Crippen molar-refractivity contribution in [2.75, 3.05) is 23.2 Å². The molecule has 0 fully saturated rings. The summed E-state index contributed by atoms with van der Waals surface area (Å²) in [4.78, 5) is 39.6. The van der Waals surface area contributed by atoms with E-state index in [9.17, 15) is 14.4 Å². The second-order valence-corrected chi connectivity index (χ2v) is 8.37. The molecule has 3 N–H and O–H groups in total. The average molecular weight is 468 g/mol. The number of carbonyl (C=O) groups excluding carboxylic acids is 2. The molecule has 4 rings (SSSR count). The number of carbonyl (C=O) groups is 2. The summed E-state index contributed by atoms with van der Waals surface area (Å²) in [6, 6.07) is 12.0. The lowest BCUT2D eigenvalue weighted by Gasteiger charge is -2.11. The summed E-state index contributed by atoms with van der Waals surface area (Å²) in [7, 11) is 0. The van der Waals surface area contributed by atoms with E-state index >= 15 is 0 Å². The van der Waals surface area contributed by atoms with Crippen LogP contribution in [0.2, 0.25) is 0 Å². The molecule has 0 spiro atoms. The molecule has 170 valence electrons. The van der Waals surface area contributed by atoms with Gasteiger partial charge in [-0.1, -0.05) is 43.8 Å². The van der Waals surface area contributed by atoms with E-state index in [0.29, 0.717) is 28.4 Å². The Balaban J connectivity index is 1.42. The number of rotatable bonds is 7. The van der Waals surface area contributed by atoms with E-state index in [0.717, 1.165) is 11.8 Å². The minimum absolute atomic E-state index is 0.0133. The number of benzene rings is 2. The lowest BCUT2D eigenvalue weighted by atomic mass is 10.1. The number of nitrogens with one attached hydrogen (secondary N) is 3. The van der Waals surface area contributed by atoms with Crippen molar-refractivity contribution in [1.29, 1.82) is 0 Å². The molecule has 33 heavy (non-hydrogen) atoms. The molecule has 1 aliphatic rings. The maximum Gasteiger partial charge on any atom is 0.278 e. The number of nitrogens with zero attached hydrogens (tertiary/aromatic N) is 2. The summed E-state index contributed by atoms with van der Waals surface area (Å²) >= 11 is 1.04. The molecule has 1 aromatic heterocycles. The van der Waals surface area contributed by atoms with Crippen molar-refractivity contribution < 1.29 is 19.1 Å². The zero-order chi connectivity index (χ0) is 23.4. The SMILES string of the molecule is CC(C)C(=O)Nc1ccccc1-c1nnc(SCC(=O)Nc2ccc3c(c2)OCO3)[nH]c1=O. The lowest BCUT2D eigenvalue weighted by molar-refractivity contribution is -0.119. The largest absolute Gasteiger partial charge is 0.454 e. The number of H-pyrrole nitrogens is 1. The van der Waals surface area contributed by atoms with Crippen molar-refractivity contribution in [2.24, 2.45) is 5.92 Å². The summed E-state index contributed by atoms with van der Waals surface area (Å²) in [5, 5.41) is 13.8. The van der Waals surface area contributed by atoms with Crippen LogP contribution in [0.15, 0.2) is 52.4 Å². The zero-order valence-electron chi connectivity index (χ0n) is 17.9. The molecule has 0 aliphatic carbocycles. The molecule has 0 unspecified atom stereocenters. The van der Waals surface area contributed by atoms with E-state index < -0.39 is 5.56 Å². The van der Waals surface area contributed by atoms with Gasteiger partial charge in [0.2, 0.25) is 18.6 Å². The Morgan fingerprint density at radius 1 is 1.09 bits per heavy atom. The first-order valence-corrected chi connectivity index (χ1v) is 11.1. The van der Waals surface area contributed by atoms with Crippen LogP contribution in [0.4, 0.5) is 11.4 Å². The third-order valence-corrected chi connectivity index (χ3v) is 5.50. The maximum absolute atomic E-state index is 12.6. The molecule has 10 nitrogen and oxygen atoms in total. The van der Waals surface area contributed by atoms with E-state index in [-0.39, 0.29) is 41.1 Å². The van der Waals surface area contributed by atoms with Crippen molar-refractivity contribution in [3.8, 4) is 22.8 Å². The van der Waals surface area contributed by atoms with Gasteiger partial charge in [-0.15, -0.1) is 10.2 Å². The lowest BCUT2D eigenvalue weighted by Crippen LogP contribution is -2.20. The molecule has 2 heterocycles. The third-order valence-electron chi connectivity index (χ3n) is 4.64. The van der Waals surface area contributed by atoms with Gasteiger partial charge in [0.05, 0.1) is 11.4 Å². The maximum atomic E-state index is 12.6. The first kappa shape index (κ1) is 22.3. The van der Waals surface area contributed by atoms with E-state index in [1.807, 2.05) is 0 Å². The van der Waals surface area contributed by atoms with Crippen LogP contribution < -0.4 is 25.7 Å². The number of hydrogen-bond donors (Lipinski definition) is 3. The molecule has 0 radical (unpaired) electrons. The number of aromatic amines is 1. The van der Waals surface area contributed by atoms with Gasteiger partial charge in [0.25, 0.3) is 5.56 Å². The van der Waals surface area contributed by atoms with E-state index in [1.54, 1.807) is 56.3 Å². The number of amides is 2. The predicted molar refractivity (Wildman–Crippen MR) is 123 cm³/mol. The van der Waals surface area contributed by atoms with Gasteiger partial charge in [0.1, 0.15) is 0 Å². The van der Waals surface area contributed by atoms with Crippen LogP contribution in [0.1, 0.15) is 13.8 Å². The van der Waals surface area contributed by atoms with Crippen LogP contribution in [0.5, 0.6) is 11.5 Å². The van der Waals surface area contributed by atoms with Gasteiger partial charge < -0.3 is 20.1 Å². The highest BCUT2D eigenvalue weighted by molar-refractivity contribution is 7.99. The van der Waals surface area contributed by atoms with Crippen LogP contribution >= 0.6 is 11.8 Å². The van der Waals surface area contributed by atoms with Crippen LogP contribution in [0, 0.1) is 5.92 Å². The average Bonchev–Trinajstić information content (AvgIpc) is 3.26. The van der Waals surface area contributed by atoms with Crippen LogP contribution in [0.25, 0.3) is 11.3 Å².